The fraction of sp³-hybridized carbons (Fsp3) is 0.350. The molecule has 0 amide bonds. The Labute approximate surface area is 182 Å². The molecule has 0 radical (unpaired) electrons. The summed E-state index contributed by atoms with van der Waals surface area (Å²) in [5, 5.41) is 23.6. The minimum Gasteiger partial charge on any atom is -0.347 e. The van der Waals surface area contributed by atoms with E-state index in [0.29, 0.717) is 37.0 Å². The van der Waals surface area contributed by atoms with Gasteiger partial charge in [0.15, 0.2) is 5.82 Å². The summed E-state index contributed by atoms with van der Waals surface area (Å²) in [6.45, 7) is 1.87. The normalized spacial score (nSPS) is 22.2. The monoisotopic (exact) mass is 442 g/mol. The molecular formula is C20H19ClN6O4. The molecule has 0 N–H and O–H groups in total. The summed E-state index contributed by atoms with van der Waals surface area (Å²) in [6.07, 6.45) is 3.13. The van der Waals surface area contributed by atoms with Crippen LogP contribution < -0.4 is 4.90 Å². The highest BCUT2D eigenvalue weighted by Gasteiger charge is 2.54. The number of anilines is 1. The van der Waals surface area contributed by atoms with Crippen LogP contribution in [0, 0.1) is 20.2 Å². The van der Waals surface area contributed by atoms with Crippen molar-refractivity contribution in [2.45, 2.75) is 31.6 Å². The first-order valence-electron chi connectivity index (χ1n) is 9.97. The van der Waals surface area contributed by atoms with Crippen LogP contribution in [0.2, 0.25) is 5.15 Å². The number of nitro groups is 2. The molecule has 0 aliphatic carbocycles. The molecule has 4 heterocycles. The Bertz CT molecular complexity index is 1070. The highest BCUT2D eigenvalue weighted by molar-refractivity contribution is 6.29. The van der Waals surface area contributed by atoms with E-state index in [1.54, 1.807) is 24.4 Å². The molecule has 3 aliphatic heterocycles. The van der Waals surface area contributed by atoms with Crippen LogP contribution in [0.3, 0.4) is 0 Å². The number of pyridine rings is 1. The number of non-ortho nitro benzene ring substituents is 1. The van der Waals surface area contributed by atoms with Gasteiger partial charge in [0, 0.05) is 43.7 Å². The Balaban J connectivity index is 1.51. The smallest absolute Gasteiger partial charge is 0.308 e. The van der Waals surface area contributed by atoms with Crippen molar-refractivity contribution < 1.29 is 9.85 Å². The molecule has 5 rings (SSSR count). The second-order valence-electron chi connectivity index (χ2n) is 7.82. The van der Waals surface area contributed by atoms with Crippen LogP contribution in [0.25, 0.3) is 0 Å². The standard InChI is InChI=1S/C20H19ClN6O4/c21-17-7-1-13(11-22-17)12-23-9-10-24-18-8-6-16(19(20(23)24)27(30)31)25(18)14-2-4-15(5-3-14)26(28)29/h1-5,7,11,16,18H,6,8-10,12H2. The lowest BCUT2D eigenvalue weighted by Gasteiger charge is -2.42. The van der Waals surface area contributed by atoms with Crippen LogP contribution in [-0.2, 0) is 6.54 Å². The summed E-state index contributed by atoms with van der Waals surface area (Å²) in [4.78, 5) is 32.8. The first-order valence-corrected chi connectivity index (χ1v) is 10.3. The molecule has 160 valence electrons. The van der Waals surface area contributed by atoms with E-state index in [2.05, 4.69) is 9.88 Å². The minimum atomic E-state index is -0.445. The third-order valence-electron chi connectivity index (χ3n) is 6.16. The maximum absolute atomic E-state index is 12.2. The van der Waals surface area contributed by atoms with Crippen molar-refractivity contribution >= 4 is 23.0 Å². The average Bonchev–Trinajstić information content (AvgIpc) is 3.31. The third kappa shape index (κ3) is 3.23. The van der Waals surface area contributed by atoms with Gasteiger partial charge in [0.2, 0.25) is 0 Å². The maximum Gasteiger partial charge on any atom is 0.308 e. The Morgan fingerprint density at radius 2 is 1.81 bits per heavy atom. The second-order valence-corrected chi connectivity index (χ2v) is 8.21. The molecule has 0 saturated carbocycles. The van der Waals surface area contributed by atoms with Gasteiger partial charge in [-0.2, -0.15) is 0 Å². The van der Waals surface area contributed by atoms with E-state index in [0.717, 1.165) is 17.7 Å². The largest absolute Gasteiger partial charge is 0.347 e. The summed E-state index contributed by atoms with van der Waals surface area (Å²) in [7, 11) is 0. The molecule has 2 bridgehead atoms. The molecule has 3 aliphatic rings. The van der Waals surface area contributed by atoms with Gasteiger partial charge in [0.25, 0.3) is 5.69 Å². The van der Waals surface area contributed by atoms with Gasteiger partial charge in [0.05, 0.1) is 9.85 Å². The number of hydrogen-bond acceptors (Lipinski definition) is 8. The molecule has 1 aromatic heterocycles. The molecule has 2 fully saturated rings. The van der Waals surface area contributed by atoms with E-state index in [1.807, 2.05) is 15.9 Å². The summed E-state index contributed by atoms with van der Waals surface area (Å²) in [5.74, 6) is 0.672. The topological polar surface area (TPSA) is 109 Å². The van der Waals surface area contributed by atoms with Crippen LogP contribution in [-0.4, -0.2) is 49.9 Å². The molecule has 0 spiro atoms. The zero-order valence-corrected chi connectivity index (χ0v) is 17.2. The fourth-order valence-corrected chi connectivity index (χ4v) is 5.03. The van der Waals surface area contributed by atoms with Gasteiger partial charge >= 0.3 is 5.70 Å². The van der Waals surface area contributed by atoms with E-state index in [1.165, 1.54) is 12.1 Å². The lowest BCUT2D eigenvalue weighted by molar-refractivity contribution is -0.433. The average molecular weight is 443 g/mol. The predicted octanol–water partition coefficient (Wildman–Crippen LogP) is 3.22. The van der Waals surface area contributed by atoms with Crippen molar-refractivity contribution in [2.24, 2.45) is 0 Å². The molecular weight excluding hydrogens is 424 g/mol. The van der Waals surface area contributed by atoms with Gasteiger partial charge in [-0.25, -0.2) is 4.98 Å². The van der Waals surface area contributed by atoms with E-state index in [4.69, 9.17) is 11.6 Å². The molecule has 11 heteroatoms. The van der Waals surface area contributed by atoms with Crippen molar-refractivity contribution in [2.75, 3.05) is 18.0 Å². The Morgan fingerprint density at radius 1 is 1.03 bits per heavy atom. The number of aromatic nitrogens is 1. The summed E-state index contributed by atoms with van der Waals surface area (Å²) >= 11 is 5.88. The van der Waals surface area contributed by atoms with Gasteiger partial charge in [-0.3, -0.25) is 20.2 Å². The van der Waals surface area contributed by atoms with Crippen molar-refractivity contribution in [1.82, 2.24) is 14.8 Å². The Kier molecular flexibility index (Phi) is 4.66. The van der Waals surface area contributed by atoms with E-state index in [9.17, 15) is 20.2 Å². The summed E-state index contributed by atoms with van der Waals surface area (Å²) in [6, 6.07) is 9.47. The molecule has 1 aromatic carbocycles. The number of rotatable bonds is 5. The molecule has 2 aromatic rings. The van der Waals surface area contributed by atoms with Gasteiger partial charge in [0.1, 0.15) is 17.4 Å². The number of benzene rings is 1. The van der Waals surface area contributed by atoms with Crippen LogP contribution >= 0.6 is 11.6 Å². The van der Waals surface area contributed by atoms with Gasteiger partial charge < -0.3 is 14.7 Å². The van der Waals surface area contributed by atoms with Crippen molar-refractivity contribution in [3.8, 4) is 0 Å². The molecule has 2 atom stereocenters. The third-order valence-corrected chi connectivity index (χ3v) is 6.38. The lowest BCUT2D eigenvalue weighted by Crippen LogP contribution is -2.53. The van der Waals surface area contributed by atoms with Gasteiger partial charge in [-0.1, -0.05) is 17.7 Å². The van der Waals surface area contributed by atoms with E-state index >= 15 is 0 Å². The van der Waals surface area contributed by atoms with Crippen molar-refractivity contribution in [1.29, 1.82) is 0 Å². The zero-order valence-electron chi connectivity index (χ0n) is 16.4. The van der Waals surface area contributed by atoms with Crippen LogP contribution in [0.1, 0.15) is 18.4 Å². The SMILES string of the molecule is O=[N+]([O-])C1=C2N(Cc3ccc(Cl)nc3)CCN2C2CCC1N2c1ccc([N+](=O)[O-])cc1. The minimum absolute atomic E-state index is 0.00255. The van der Waals surface area contributed by atoms with E-state index in [-0.39, 0.29) is 28.5 Å². The van der Waals surface area contributed by atoms with Gasteiger partial charge in [-0.05, 0) is 36.6 Å². The summed E-state index contributed by atoms with van der Waals surface area (Å²) in [5.41, 5.74) is 1.89. The summed E-state index contributed by atoms with van der Waals surface area (Å²) < 4.78 is 0. The highest BCUT2D eigenvalue weighted by atomic mass is 35.5. The molecule has 31 heavy (non-hydrogen) atoms. The Hall–Kier alpha value is -3.40. The lowest BCUT2D eigenvalue weighted by atomic mass is 10.1. The molecule has 10 nitrogen and oxygen atoms in total. The number of halogens is 1. The van der Waals surface area contributed by atoms with Gasteiger partial charge in [-0.15, -0.1) is 0 Å². The first kappa shape index (κ1) is 19.6. The number of nitrogens with zero attached hydrogens (tertiary/aromatic N) is 6. The van der Waals surface area contributed by atoms with E-state index < -0.39 is 4.92 Å². The fourth-order valence-electron chi connectivity index (χ4n) is 4.91. The van der Waals surface area contributed by atoms with Crippen LogP contribution in [0.15, 0.2) is 54.1 Å². The highest BCUT2D eigenvalue weighted by Crippen LogP contribution is 2.45. The molecule has 2 saturated heterocycles. The Morgan fingerprint density at radius 3 is 2.45 bits per heavy atom. The predicted molar refractivity (Wildman–Crippen MR) is 113 cm³/mol. The second kappa shape index (κ2) is 7.38. The maximum atomic E-state index is 12.2. The number of hydrogen-bond donors (Lipinski definition) is 0. The zero-order chi connectivity index (χ0) is 21.7. The quantitative estimate of drug-likeness (QED) is 0.394. The van der Waals surface area contributed by atoms with Crippen molar-refractivity contribution in [3.05, 3.63) is 85.1 Å². The number of fused-ring (bicyclic) bond motifs is 4. The van der Waals surface area contributed by atoms with Crippen molar-refractivity contribution in [3.63, 3.8) is 0 Å². The first-order chi connectivity index (χ1) is 14.9. The molecule has 2 unspecified atom stereocenters. The van der Waals surface area contributed by atoms with Crippen LogP contribution in [0.4, 0.5) is 11.4 Å². The van der Waals surface area contributed by atoms with Crippen LogP contribution in [0.5, 0.6) is 0 Å². The number of nitro benzene ring substituents is 1.